The Morgan fingerprint density at radius 2 is 1.50 bits per heavy atom. The van der Waals surface area contributed by atoms with Crippen LogP contribution < -0.4 is 9.47 Å². The lowest BCUT2D eigenvalue weighted by Crippen LogP contribution is -1.85. The Hall–Kier alpha value is -2.16. The van der Waals surface area contributed by atoms with E-state index in [-0.39, 0.29) is 5.75 Å². The van der Waals surface area contributed by atoms with Gasteiger partial charge in [0, 0.05) is 0 Å². The zero-order valence-electron chi connectivity index (χ0n) is 8.88. The van der Waals surface area contributed by atoms with Crippen LogP contribution in [0, 0.1) is 0 Å². The van der Waals surface area contributed by atoms with Gasteiger partial charge in [0.15, 0.2) is 11.5 Å². The van der Waals surface area contributed by atoms with Crippen LogP contribution in [-0.2, 0) is 0 Å². The third-order valence-corrected chi connectivity index (χ3v) is 2.15. The summed E-state index contributed by atoms with van der Waals surface area (Å²) in [5, 5.41) is 9.52. The Kier molecular flexibility index (Phi) is 2.96. The smallest absolute Gasteiger partial charge is 0.169 e. The van der Waals surface area contributed by atoms with Crippen molar-refractivity contribution in [1.29, 1.82) is 0 Å². The standard InChI is InChI=1S/C13H12O3/c1-15-10-6-8-11(9-7-10)16-13-5-3-2-4-12(13)14/h2-9,14H,1H3. The molecule has 0 spiro atoms. The van der Waals surface area contributed by atoms with Crippen LogP contribution in [0.3, 0.4) is 0 Å². The molecule has 0 heterocycles. The molecule has 2 aromatic rings. The second-order valence-electron chi connectivity index (χ2n) is 3.25. The second kappa shape index (κ2) is 4.57. The van der Waals surface area contributed by atoms with E-state index in [9.17, 15) is 5.11 Å². The van der Waals surface area contributed by atoms with Gasteiger partial charge in [0.05, 0.1) is 7.11 Å². The van der Waals surface area contributed by atoms with Crippen molar-refractivity contribution in [2.75, 3.05) is 7.11 Å². The Balaban J connectivity index is 2.18. The molecule has 0 aliphatic carbocycles. The van der Waals surface area contributed by atoms with Gasteiger partial charge in [0.1, 0.15) is 11.5 Å². The number of phenolic OH excluding ortho intramolecular Hbond substituents is 1. The summed E-state index contributed by atoms with van der Waals surface area (Å²) >= 11 is 0. The van der Waals surface area contributed by atoms with E-state index in [2.05, 4.69) is 0 Å². The van der Waals surface area contributed by atoms with E-state index in [0.29, 0.717) is 11.5 Å². The minimum Gasteiger partial charge on any atom is -0.504 e. The lowest BCUT2D eigenvalue weighted by molar-refractivity contribution is 0.405. The van der Waals surface area contributed by atoms with Crippen molar-refractivity contribution in [3.05, 3.63) is 48.5 Å². The van der Waals surface area contributed by atoms with E-state index in [1.807, 2.05) is 0 Å². The van der Waals surface area contributed by atoms with Crippen molar-refractivity contribution >= 4 is 0 Å². The quantitative estimate of drug-likeness (QED) is 0.856. The lowest BCUT2D eigenvalue weighted by atomic mass is 10.3. The van der Waals surface area contributed by atoms with Gasteiger partial charge >= 0.3 is 0 Å². The molecule has 0 unspecified atom stereocenters. The number of hydrogen-bond acceptors (Lipinski definition) is 3. The van der Waals surface area contributed by atoms with Gasteiger partial charge in [-0.2, -0.15) is 0 Å². The number of rotatable bonds is 3. The highest BCUT2D eigenvalue weighted by Crippen LogP contribution is 2.30. The normalized spacial score (nSPS) is 9.81. The summed E-state index contributed by atoms with van der Waals surface area (Å²) in [5.74, 6) is 1.98. The maximum atomic E-state index is 9.52. The Morgan fingerprint density at radius 1 is 0.875 bits per heavy atom. The van der Waals surface area contributed by atoms with Gasteiger partial charge in [0.25, 0.3) is 0 Å². The molecule has 82 valence electrons. The zero-order valence-corrected chi connectivity index (χ0v) is 8.88. The number of hydrogen-bond donors (Lipinski definition) is 1. The van der Waals surface area contributed by atoms with Gasteiger partial charge in [0.2, 0.25) is 0 Å². The first-order valence-electron chi connectivity index (χ1n) is 4.89. The molecule has 3 heteroatoms. The van der Waals surface area contributed by atoms with Crippen LogP contribution in [0.4, 0.5) is 0 Å². The first-order valence-corrected chi connectivity index (χ1v) is 4.89. The third-order valence-electron chi connectivity index (χ3n) is 2.15. The molecular weight excluding hydrogens is 204 g/mol. The lowest BCUT2D eigenvalue weighted by Gasteiger charge is -2.07. The Morgan fingerprint density at radius 3 is 2.12 bits per heavy atom. The van der Waals surface area contributed by atoms with E-state index in [0.717, 1.165) is 5.75 Å². The highest BCUT2D eigenvalue weighted by atomic mass is 16.5. The summed E-state index contributed by atoms with van der Waals surface area (Å²) in [6, 6.07) is 14.0. The zero-order chi connectivity index (χ0) is 11.4. The molecule has 0 saturated carbocycles. The monoisotopic (exact) mass is 216 g/mol. The Bertz CT molecular complexity index is 463. The number of para-hydroxylation sites is 2. The molecule has 0 aromatic heterocycles. The number of ether oxygens (including phenoxy) is 2. The molecule has 0 aliphatic heterocycles. The maximum Gasteiger partial charge on any atom is 0.169 e. The van der Waals surface area contributed by atoms with Crippen LogP contribution in [0.1, 0.15) is 0 Å². The number of methoxy groups -OCH3 is 1. The molecule has 0 atom stereocenters. The van der Waals surface area contributed by atoms with E-state index in [1.54, 1.807) is 55.6 Å². The first-order chi connectivity index (χ1) is 7.79. The summed E-state index contributed by atoms with van der Waals surface area (Å²) in [5.41, 5.74) is 0. The third kappa shape index (κ3) is 2.25. The fraction of sp³-hybridized carbons (Fsp3) is 0.0769. The summed E-state index contributed by atoms with van der Waals surface area (Å²) < 4.78 is 10.5. The van der Waals surface area contributed by atoms with Gasteiger partial charge in [-0.1, -0.05) is 12.1 Å². The van der Waals surface area contributed by atoms with Crippen LogP contribution in [0.25, 0.3) is 0 Å². The first kappa shape index (κ1) is 10.4. The van der Waals surface area contributed by atoms with Crippen LogP contribution in [0.15, 0.2) is 48.5 Å². The van der Waals surface area contributed by atoms with Crippen molar-refractivity contribution in [2.24, 2.45) is 0 Å². The minimum atomic E-state index is 0.123. The second-order valence-corrected chi connectivity index (χ2v) is 3.25. The van der Waals surface area contributed by atoms with Crippen LogP contribution in [0.5, 0.6) is 23.0 Å². The molecule has 0 aliphatic rings. The maximum absolute atomic E-state index is 9.52. The van der Waals surface area contributed by atoms with Gasteiger partial charge in [-0.3, -0.25) is 0 Å². The molecule has 1 N–H and O–H groups in total. The van der Waals surface area contributed by atoms with Crippen molar-refractivity contribution in [1.82, 2.24) is 0 Å². The van der Waals surface area contributed by atoms with Crippen molar-refractivity contribution in [2.45, 2.75) is 0 Å². The average Bonchev–Trinajstić information content (AvgIpc) is 2.33. The minimum absolute atomic E-state index is 0.123. The number of aromatic hydroxyl groups is 1. The molecule has 0 amide bonds. The fourth-order valence-corrected chi connectivity index (χ4v) is 1.31. The van der Waals surface area contributed by atoms with E-state index in [1.165, 1.54) is 0 Å². The number of benzene rings is 2. The molecule has 0 fully saturated rings. The van der Waals surface area contributed by atoms with Crippen LogP contribution in [0.2, 0.25) is 0 Å². The Labute approximate surface area is 93.9 Å². The van der Waals surface area contributed by atoms with E-state index in [4.69, 9.17) is 9.47 Å². The molecule has 0 radical (unpaired) electrons. The average molecular weight is 216 g/mol. The van der Waals surface area contributed by atoms with E-state index >= 15 is 0 Å². The van der Waals surface area contributed by atoms with Crippen LogP contribution in [-0.4, -0.2) is 12.2 Å². The van der Waals surface area contributed by atoms with Gasteiger partial charge < -0.3 is 14.6 Å². The number of phenols is 1. The summed E-state index contributed by atoms with van der Waals surface area (Å²) in [6.45, 7) is 0. The molecule has 0 bridgehead atoms. The van der Waals surface area contributed by atoms with Gasteiger partial charge in [-0.25, -0.2) is 0 Å². The molecule has 0 saturated heterocycles. The van der Waals surface area contributed by atoms with Gasteiger partial charge in [-0.05, 0) is 36.4 Å². The topological polar surface area (TPSA) is 38.7 Å². The predicted molar refractivity (Wildman–Crippen MR) is 61.2 cm³/mol. The van der Waals surface area contributed by atoms with Crippen molar-refractivity contribution < 1.29 is 14.6 Å². The molecule has 3 nitrogen and oxygen atoms in total. The molecule has 2 aromatic carbocycles. The highest BCUT2D eigenvalue weighted by molar-refractivity contribution is 5.42. The summed E-state index contributed by atoms with van der Waals surface area (Å²) in [4.78, 5) is 0. The van der Waals surface area contributed by atoms with Crippen molar-refractivity contribution in [3.8, 4) is 23.0 Å². The predicted octanol–water partition coefficient (Wildman–Crippen LogP) is 3.19. The summed E-state index contributed by atoms with van der Waals surface area (Å²) in [6.07, 6.45) is 0. The summed E-state index contributed by atoms with van der Waals surface area (Å²) in [7, 11) is 1.61. The fourth-order valence-electron chi connectivity index (χ4n) is 1.31. The van der Waals surface area contributed by atoms with Crippen LogP contribution >= 0.6 is 0 Å². The highest BCUT2D eigenvalue weighted by Gasteiger charge is 2.02. The molecule has 2 rings (SSSR count). The molecule has 16 heavy (non-hydrogen) atoms. The van der Waals surface area contributed by atoms with E-state index < -0.39 is 0 Å². The largest absolute Gasteiger partial charge is 0.504 e. The van der Waals surface area contributed by atoms with Gasteiger partial charge in [-0.15, -0.1) is 0 Å². The molecular formula is C13H12O3. The van der Waals surface area contributed by atoms with Crippen molar-refractivity contribution in [3.63, 3.8) is 0 Å². The SMILES string of the molecule is COc1ccc(Oc2ccccc2O)cc1.